The van der Waals surface area contributed by atoms with Crippen LogP contribution in [0.25, 0.3) is 11.3 Å². The molecule has 1 amide bonds. The third-order valence-electron chi connectivity index (χ3n) is 3.55. The molecule has 1 aromatic heterocycles. The van der Waals surface area contributed by atoms with Crippen molar-refractivity contribution in [1.82, 2.24) is 9.78 Å². The Balaban J connectivity index is 2.28. The van der Waals surface area contributed by atoms with E-state index in [0.29, 0.717) is 19.0 Å². The number of rotatable bonds is 7. The minimum absolute atomic E-state index is 0.0568. The summed E-state index contributed by atoms with van der Waals surface area (Å²) in [5.41, 5.74) is 2.86. The van der Waals surface area contributed by atoms with E-state index >= 15 is 0 Å². The topological polar surface area (TPSA) is 76.4 Å². The Morgan fingerprint density at radius 2 is 2.17 bits per heavy atom. The minimum atomic E-state index is -0.542. The molecule has 0 saturated heterocycles. The van der Waals surface area contributed by atoms with Crippen molar-refractivity contribution in [2.24, 2.45) is 0 Å². The zero-order chi connectivity index (χ0) is 16.8. The molecule has 0 aliphatic heterocycles. The highest BCUT2D eigenvalue weighted by molar-refractivity contribution is 5.93. The molecule has 1 heterocycles. The van der Waals surface area contributed by atoms with E-state index in [2.05, 4.69) is 10.4 Å². The number of hydrogen-bond donors (Lipinski definition) is 2. The summed E-state index contributed by atoms with van der Waals surface area (Å²) in [4.78, 5) is 12.1. The summed E-state index contributed by atoms with van der Waals surface area (Å²) < 4.78 is 6.89. The predicted molar refractivity (Wildman–Crippen MR) is 89.2 cm³/mol. The number of aliphatic hydroxyl groups is 1. The first-order valence-corrected chi connectivity index (χ1v) is 7.74. The molecule has 1 aromatic carbocycles. The molecule has 0 saturated carbocycles. The summed E-state index contributed by atoms with van der Waals surface area (Å²) in [6, 6.07) is 9.72. The van der Waals surface area contributed by atoms with E-state index in [1.807, 2.05) is 44.2 Å². The Kier molecular flexibility index (Phi) is 5.90. The highest BCUT2D eigenvalue weighted by atomic mass is 16.5. The standard InChI is InChI=1S/C17H23N3O3/c1-4-23-13(3)17(22)18-16-11-15(19-20(16)9-10-21)14-8-6-5-7-12(14)2/h5-8,11,13,21H,4,9-10H2,1-3H3,(H,18,22). The van der Waals surface area contributed by atoms with Gasteiger partial charge < -0.3 is 15.2 Å². The van der Waals surface area contributed by atoms with E-state index in [1.165, 1.54) is 0 Å². The molecule has 2 aromatic rings. The third-order valence-corrected chi connectivity index (χ3v) is 3.55. The maximum atomic E-state index is 12.1. The second-order valence-electron chi connectivity index (χ2n) is 5.26. The first kappa shape index (κ1) is 17.2. The number of ether oxygens (including phenoxy) is 1. The van der Waals surface area contributed by atoms with Crippen molar-refractivity contribution in [2.45, 2.75) is 33.4 Å². The number of aliphatic hydroxyl groups excluding tert-OH is 1. The second kappa shape index (κ2) is 7.89. The van der Waals surface area contributed by atoms with E-state index < -0.39 is 6.10 Å². The molecule has 2 N–H and O–H groups in total. The largest absolute Gasteiger partial charge is 0.394 e. The molecule has 0 bridgehead atoms. The first-order valence-electron chi connectivity index (χ1n) is 7.74. The van der Waals surface area contributed by atoms with Crippen molar-refractivity contribution in [3.05, 3.63) is 35.9 Å². The molecule has 1 atom stereocenters. The number of carbonyl (C=O) groups excluding carboxylic acids is 1. The van der Waals surface area contributed by atoms with Gasteiger partial charge in [-0.05, 0) is 26.3 Å². The maximum Gasteiger partial charge on any atom is 0.254 e. The molecule has 6 nitrogen and oxygen atoms in total. The van der Waals surface area contributed by atoms with Crippen LogP contribution in [0.15, 0.2) is 30.3 Å². The third kappa shape index (κ3) is 4.18. The zero-order valence-electron chi connectivity index (χ0n) is 13.7. The average Bonchev–Trinajstić information content (AvgIpc) is 2.91. The first-order chi connectivity index (χ1) is 11.1. The monoisotopic (exact) mass is 317 g/mol. The van der Waals surface area contributed by atoms with Crippen molar-refractivity contribution in [1.29, 1.82) is 0 Å². The van der Waals surface area contributed by atoms with E-state index in [4.69, 9.17) is 4.74 Å². The lowest BCUT2D eigenvalue weighted by Crippen LogP contribution is -2.29. The van der Waals surface area contributed by atoms with Crippen molar-refractivity contribution in [2.75, 3.05) is 18.5 Å². The van der Waals surface area contributed by atoms with Crippen molar-refractivity contribution in [3.63, 3.8) is 0 Å². The number of aryl methyl sites for hydroxylation is 1. The van der Waals surface area contributed by atoms with Crippen LogP contribution in [0.5, 0.6) is 0 Å². The van der Waals surface area contributed by atoms with Crippen LogP contribution in [0.2, 0.25) is 0 Å². The number of carbonyl (C=O) groups is 1. The molecule has 0 radical (unpaired) electrons. The van der Waals surface area contributed by atoms with Gasteiger partial charge in [-0.25, -0.2) is 4.68 Å². The van der Waals surface area contributed by atoms with Gasteiger partial charge in [0.1, 0.15) is 11.9 Å². The van der Waals surface area contributed by atoms with Crippen molar-refractivity contribution >= 4 is 11.7 Å². The molecule has 1 unspecified atom stereocenters. The maximum absolute atomic E-state index is 12.1. The summed E-state index contributed by atoms with van der Waals surface area (Å²) in [7, 11) is 0. The second-order valence-corrected chi connectivity index (χ2v) is 5.26. The molecule has 2 rings (SSSR count). The van der Waals surface area contributed by atoms with Crippen LogP contribution in [-0.2, 0) is 16.1 Å². The van der Waals surface area contributed by atoms with E-state index in [9.17, 15) is 9.90 Å². The zero-order valence-corrected chi connectivity index (χ0v) is 13.7. The van der Waals surface area contributed by atoms with E-state index in [1.54, 1.807) is 11.6 Å². The van der Waals surface area contributed by atoms with Crippen LogP contribution in [0, 0.1) is 6.92 Å². The fourth-order valence-electron chi connectivity index (χ4n) is 2.33. The summed E-state index contributed by atoms with van der Waals surface area (Å²) in [6.45, 7) is 6.28. The summed E-state index contributed by atoms with van der Waals surface area (Å²) in [6.07, 6.45) is -0.542. The summed E-state index contributed by atoms with van der Waals surface area (Å²) in [5, 5.41) is 16.5. The van der Waals surface area contributed by atoms with Gasteiger partial charge in [-0.3, -0.25) is 4.79 Å². The van der Waals surface area contributed by atoms with Gasteiger partial charge in [-0.15, -0.1) is 0 Å². The average molecular weight is 317 g/mol. The number of benzene rings is 1. The van der Waals surface area contributed by atoms with Crippen LogP contribution in [0.1, 0.15) is 19.4 Å². The van der Waals surface area contributed by atoms with Gasteiger partial charge in [0.2, 0.25) is 0 Å². The molecule has 23 heavy (non-hydrogen) atoms. The van der Waals surface area contributed by atoms with Gasteiger partial charge in [-0.1, -0.05) is 24.3 Å². The van der Waals surface area contributed by atoms with Gasteiger partial charge in [0.15, 0.2) is 0 Å². The van der Waals surface area contributed by atoms with Crippen LogP contribution < -0.4 is 5.32 Å². The van der Waals surface area contributed by atoms with Gasteiger partial charge in [0.05, 0.1) is 18.8 Å². The van der Waals surface area contributed by atoms with Crippen molar-refractivity contribution < 1.29 is 14.6 Å². The Hall–Kier alpha value is -2.18. The lowest BCUT2D eigenvalue weighted by molar-refractivity contribution is -0.126. The summed E-state index contributed by atoms with van der Waals surface area (Å²) >= 11 is 0. The molecule has 0 aliphatic rings. The fourth-order valence-corrected chi connectivity index (χ4v) is 2.33. The lowest BCUT2D eigenvalue weighted by Gasteiger charge is -2.12. The predicted octanol–water partition coefficient (Wildman–Crippen LogP) is 2.21. The number of hydrogen-bond acceptors (Lipinski definition) is 4. The highest BCUT2D eigenvalue weighted by Gasteiger charge is 2.17. The van der Waals surface area contributed by atoms with Crippen LogP contribution in [0.3, 0.4) is 0 Å². The molecule has 0 fully saturated rings. The number of nitrogens with one attached hydrogen (secondary N) is 1. The Morgan fingerprint density at radius 3 is 2.83 bits per heavy atom. The molecular weight excluding hydrogens is 294 g/mol. The lowest BCUT2D eigenvalue weighted by atomic mass is 10.1. The van der Waals surface area contributed by atoms with Gasteiger partial charge >= 0.3 is 0 Å². The van der Waals surface area contributed by atoms with Crippen LogP contribution in [0.4, 0.5) is 5.82 Å². The normalized spacial score (nSPS) is 12.2. The van der Waals surface area contributed by atoms with E-state index in [-0.39, 0.29) is 12.5 Å². The number of nitrogens with zero attached hydrogens (tertiary/aromatic N) is 2. The van der Waals surface area contributed by atoms with Crippen molar-refractivity contribution in [3.8, 4) is 11.3 Å². The molecule has 0 aliphatic carbocycles. The molecular formula is C17H23N3O3. The van der Waals surface area contributed by atoms with E-state index in [0.717, 1.165) is 16.8 Å². The number of aromatic nitrogens is 2. The Labute approximate surface area is 136 Å². The minimum Gasteiger partial charge on any atom is -0.394 e. The van der Waals surface area contributed by atoms with Crippen LogP contribution >= 0.6 is 0 Å². The van der Waals surface area contributed by atoms with Crippen LogP contribution in [-0.4, -0.2) is 40.1 Å². The SMILES string of the molecule is CCOC(C)C(=O)Nc1cc(-c2ccccc2C)nn1CCO. The van der Waals surface area contributed by atoms with Gasteiger partial charge in [0, 0.05) is 18.2 Å². The quantitative estimate of drug-likeness (QED) is 0.821. The molecule has 6 heteroatoms. The number of amides is 1. The Morgan fingerprint density at radius 1 is 1.43 bits per heavy atom. The number of anilines is 1. The van der Waals surface area contributed by atoms with Gasteiger partial charge in [-0.2, -0.15) is 5.10 Å². The molecule has 0 spiro atoms. The summed E-state index contributed by atoms with van der Waals surface area (Å²) in [5.74, 6) is 0.316. The fraction of sp³-hybridized carbons (Fsp3) is 0.412. The smallest absolute Gasteiger partial charge is 0.254 e. The van der Waals surface area contributed by atoms with Gasteiger partial charge in [0.25, 0.3) is 5.91 Å². The Bertz CT molecular complexity index is 667. The molecule has 124 valence electrons. The highest BCUT2D eigenvalue weighted by Crippen LogP contribution is 2.25.